The number of hydrogen-bond donors (Lipinski definition) is 0. The van der Waals surface area contributed by atoms with Crippen LogP contribution in [-0.2, 0) is 5.41 Å². The van der Waals surface area contributed by atoms with Crippen molar-refractivity contribution in [3.63, 3.8) is 0 Å². The van der Waals surface area contributed by atoms with Gasteiger partial charge in [-0.05, 0) is 161 Å². The van der Waals surface area contributed by atoms with E-state index in [1.807, 2.05) is 0 Å². The molecule has 368 valence electrons. The van der Waals surface area contributed by atoms with E-state index in [0.29, 0.717) is 0 Å². The molecule has 0 saturated heterocycles. The predicted octanol–water partition coefficient (Wildman–Crippen LogP) is 19.5. The van der Waals surface area contributed by atoms with Crippen molar-refractivity contribution in [1.82, 2.24) is 0 Å². The topological polar surface area (TPSA) is 13.0 Å². The van der Waals surface area contributed by atoms with Crippen LogP contribution in [0.15, 0.2) is 322 Å². The molecule has 0 fully saturated rings. The van der Waals surface area contributed by atoms with Gasteiger partial charge in [0, 0.05) is 62.6 Å². The Morgan fingerprint density at radius 2 is 0.571 bits per heavy atom. The number of nitrogens with zero attached hydrogens (tertiary/aromatic N) is 4. The van der Waals surface area contributed by atoms with Crippen molar-refractivity contribution in [3.05, 3.63) is 344 Å². The average molecular weight is 989 g/mol. The predicted molar refractivity (Wildman–Crippen MR) is 323 cm³/mol. The van der Waals surface area contributed by atoms with E-state index in [-0.39, 0.29) is 6.04 Å². The number of anilines is 11. The van der Waals surface area contributed by atoms with Gasteiger partial charge in [-0.2, -0.15) is 0 Å². The van der Waals surface area contributed by atoms with E-state index in [4.69, 9.17) is 0 Å². The summed E-state index contributed by atoms with van der Waals surface area (Å²) in [4.78, 5) is 9.79. The number of allylic oxidation sites excluding steroid dienone is 2. The minimum atomic E-state index is -0.871. The molecule has 13 rings (SSSR count). The number of rotatable bonds is 14. The highest BCUT2D eigenvalue weighted by molar-refractivity contribution is 5.92. The van der Waals surface area contributed by atoms with Crippen LogP contribution in [0, 0.1) is 0 Å². The first-order chi connectivity index (χ1) is 38.2. The molecule has 2 aliphatic carbocycles. The highest BCUT2D eigenvalue weighted by atomic mass is 15.2. The maximum atomic E-state index is 2.54. The van der Waals surface area contributed by atoms with Crippen molar-refractivity contribution in [2.75, 3.05) is 19.6 Å². The summed E-state index contributed by atoms with van der Waals surface area (Å²) in [5.74, 6) is 0. The highest BCUT2D eigenvalue weighted by Crippen LogP contribution is 2.59. The molecule has 0 N–H and O–H groups in total. The van der Waals surface area contributed by atoms with Crippen LogP contribution in [0.3, 0.4) is 0 Å². The molecule has 4 nitrogen and oxygen atoms in total. The third kappa shape index (κ3) is 8.76. The quantitative estimate of drug-likeness (QED) is 0.108. The maximum absolute atomic E-state index is 2.54. The Labute approximate surface area is 452 Å². The second-order valence-corrected chi connectivity index (χ2v) is 19.7. The Balaban J connectivity index is 1.19. The molecule has 2 aliphatic rings. The molecule has 0 saturated carbocycles. The van der Waals surface area contributed by atoms with E-state index in [2.05, 4.69) is 341 Å². The molecule has 4 heteroatoms. The minimum absolute atomic E-state index is 0.0528. The second-order valence-electron chi connectivity index (χ2n) is 19.7. The SMILES string of the molecule is C1=CCC(N(c2ccccc2)c2cc(N(c3ccccc3)c3ccccc3)cc(C3(c4cc(N(c5ccccc5)c5ccccc5)cc(N(c5ccccc5)c5ccccc5)c4)c4ccccc4-c4ccccc43)c2)C=C1. The van der Waals surface area contributed by atoms with Crippen LogP contribution in [0.25, 0.3) is 11.1 Å². The molecular formula is C73H56N4. The fourth-order valence-electron chi connectivity index (χ4n) is 11.9. The van der Waals surface area contributed by atoms with E-state index < -0.39 is 5.41 Å². The van der Waals surface area contributed by atoms with Crippen molar-refractivity contribution in [2.24, 2.45) is 0 Å². The Morgan fingerprint density at radius 3 is 0.909 bits per heavy atom. The summed E-state index contributed by atoms with van der Waals surface area (Å²) in [6, 6.07) is 109. The maximum Gasteiger partial charge on any atom is 0.0716 e. The second kappa shape index (κ2) is 20.8. The van der Waals surface area contributed by atoms with Gasteiger partial charge < -0.3 is 19.6 Å². The van der Waals surface area contributed by atoms with Gasteiger partial charge in [0.1, 0.15) is 0 Å². The van der Waals surface area contributed by atoms with Crippen LogP contribution in [-0.4, -0.2) is 6.04 Å². The van der Waals surface area contributed by atoms with Gasteiger partial charge in [-0.15, -0.1) is 0 Å². The smallest absolute Gasteiger partial charge is 0.0716 e. The number of fused-ring (bicyclic) bond motifs is 3. The van der Waals surface area contributed by atoms with E-state index in [1.54, 1.807) is 0 Å². The van der Waals surface area contributed by atoms with E-state index in [1.165, 1.54) is 22.3 Å². The van der Waals surface area contributed by atoms with Crippen molar-refractivity contribution in [3.8, 4) is 11.1 Å². The first-order valence-electron chi connectivity index (χ1n) is 26.6. The summed E-state index contributed by atoms with van der Waals surface area (Å²) in [5.41, 5.74) is 18.0. The zero-order valence-corrected chi connectivity index (χ0v) is 42.7. The minimum Gasteiger partial charge on any atom is -0.334 e. The largest absolute Gasteiger partial charge is 0.334 e. The third-order valence-electron chi connectivity index (χ3n) is 15.1. The van der Waals surface area contributed by atoms with Gasteiger partial charge in [0.2, 0.25) is 0 Å². The third-order valence-corrected chi connectivity index (χ3v) is 15.1. The number of para-hydroxylation sites is 7. The Kier molecular flexibility index (Phi) is 12.6. The summed E-state index contributed by atoms with van der Waals surface area (Å²) in [7, 11) is 0. The summed E-state index contributed by atoms with van der Waals surface area (Å²) in [5, 5.41) is 0. The average Bonchev–Trinajstić information content (AvgIpc) is 4.08. The van der Waals surface area contributed by atoms with Crippen LogP contribution >= 0.6 is 0 Å². The monoisotopic (exact) mass is 988 g/mol. The van der Waals surface area contributed by atoms with Crippen molar-refractivity contribution in [1.29, 1.82) is 0 Å². The number of hydrogen-bond acceptors (Lipinski definition) is 4. The molecule has 0 bridgehead atoms. The molecule has 77 heavy (non-hydrogen) atoms. The van der Waals surface area contributed by atoms with Gasteiger partial charge in [-0.3, -0.25) is 0 Å². The fourth-order valence-corrected chi connectivity index (χ4v) is 11.9. The van der Waals surface area contributed by atoms with Gasteiger partial charge in [-0.1, -0.05) is 200 Å². The van der Waals surface area contributed by atoms with E-state index >= 15 is 0 Å². The molecular weight excluding hydrogens is 933 g/mol. The zero-order chi connectivity index (χ0) is 51.4. The zero-order valence-electron chi connectivity index (χ0n) is 42.7. The fraction of sp³-hybridized carbons (Fsp3) is 0.0411. The Bertz CT molecular complexity index is 3580. The first-order valence-corrected chi connectivity index (χ1v) is 26.6. The normalized spacial score (nSPS) is 13.8. The van der Waals surface area contributed by atoms with Crippen LogP contribution in [0.4, 0.5) is 62.6 Å². The molecule has 0 heterocycles. The lowest BCUT2D eigenvalue weighted by Crippen LogP contribution is -2.32. The Morgan fingerprint density at radius 1 is 0.273 bits per heavy atom. The van der Waals surface area contributed by atoms with Crippen LogP contribution in [0.2, 0.25) is 0 Å². The van der Waals surface area contributed by atoms with Gasteiger partial charge in [0.25, 0.3) is 0 Å². The molecule has 11 aromatic carbocycles. The van der Waals surface area contributed by atoms with E-state index in [0.717, 1.165) is 80.1 Å². The molecule has 0 spiro atoms. The lowest BCUT2D eigenvalue weighted by molar-refractivity contribution is 0.759. The molecule has 0 radical (unpaired) electrons. The van der Waals surface area contributed by atoms with Crippen LogP contribution in [0.5, 0.6) is 0 Å². The molecule has 11 aromatic rings. The standard InChI is InChI=1S/C73H56N4/c1-9-29-57(30-10-1)74(58-31-11-2-12-32-58)65-49-55(50-66(53-65)75(59-33-13-3-14-34-59)60-35-15-4-16-36-60)73(71-47-27-25-45-69(71)70-46-26-28-48-72(70)73)56-51-67(76(61-37-17-5-18-38-61)62-39-19-6-20-40-62)54-68(52-56)77(63-41-21-7-22-42-63)64-43-23-8-24-44-64/h1-43,45-54,64H,44H2. The Hall–Kier alpha value is -9.90. The van der Waals surface area contributed by atoms with Gasteiger partial charge in [0.05, 0.1) is 11.5 Å². The summed E-state index contributed by atoms with van der Waals surface area (Å²) in [6.45, 7) is 0. The van der Waals surface area contributed by atoms with Crippen molar-refractivity contribution < 1.29 is 0 Å². The molecule has 0 aromatic heterocycles. The molecule has 1 unspecified atom stereocenters. The lowest BCUT2D eigenvalue weighted by atomic mass is 9.67. The molecule has 0 amide bonds. The lowest BCUT2D eigenvalue weighted by Gasteiger charge is -2.39. The van der Waals surface area contributed by atoms with Crippen LogP contribution < -0.4 is 19.6 Å². The summed E-state index contributed by atoms with van der Waals surface area (Å²) < 4.78 is 0. The number of benzene rings is 11. The van der Waals surface area contributed by atoms with Gasteiger partial charge in [-0.25, -0.2) is 0 Å². The van der Waals surface area contributed by atoms with Crippen LogP contribution in [0.1, 0.15) is 28.7 Å². The van der Waals surface area contributed by atoms with Crippen molar-refractivity contribution >= 4 is 62.6 Å². The van der Waals surface area contributed by atoms with E-state index in [9.17, 15) is 0 Å². The molecule has 1 atom stereocenters. The van der Waals surface area contributed by atoms with Gasteiger partial charge >= 0.3 is 0 Å². The first kappa shape index (κ1) is 46.9. The summed E-state index contributed by atoms with van der Waals surface area (Å²) in [6.07, 6.45) is 9.87. The summed E-state index contributed by atoms with van der Waals surface area (Å²) >= 11 is 0. The van der Waals surface area contributed by atoms with Crippen molar-refractivity contribution in [2.45, 2.75) is 17.9 Å². The van der Waals surface area contributed by atoms with Gasteiger partial charge in [0.15, 0.2) is 0 Å². The highest BCUT2D eigenvalue weighted by Gasteiger charge is 2.47. The molecule has 0 aliphatic heterocycles.